The summed E-state index contributed by atoms with van der Waals surface area (Å²) in [6.45, 7) is -0.255. The van der Waals surface area contributed by atoms with E-state index >= 15 is 0 Å². The van der Waals surface area contributed by atoms with Gasteiger partial charge in [-0.05, 0) is 24.3 Å². The van der Waals surface area contributed by atoms with Crippen molar-refractivity contribution in [2.45, 2.75) is 0 Å². The van der Waals surface area contributed by atoms with E-state index < -0.39 is 0 Å². The molecule has 0 unspecified atom stereocenters. The molecule has 0 aliphatic carbocycles. The molecule has 0 saturated carbocycles. The van der Waals surface area contributed by atoms with Gasteiger partial charge in [-0.15, -0.1) is 0 Å². The number of nitrogens with one attached hydrogen (secondary N) is 1. The standard InChI is InChI=1S/C15H11ClN2O2/c16-12-7-8-14(17-10-12)18-15(20)13-6-2-1-4-11(13)5-3-9-19/h1-2,4,6-8,10,19H,9H2,(H,17,18,20). The summed E-state index contributed by atoms with van der Waals surface area (Å²) in [4.78, 5) is 16.2. The zero-order valence-electron chi connectivity index (χ0n) is 10.4. The molecular formula is C15H11ClN2O2. The molecule has 2 N–H and O–H groups in total. The number of aromatic nitrogens is 1. The average molecular weight is 287 g/mol. The van der Waals surface area contributed by atoms with Crippen LogP contribution in [0.4, 0.5) is 5.82 Å². The van der Waals surface area contributed by atoms with Gasteiger partial charge in [0.05, 0.1) is 10.6 Å². The predicted molar refractivity (Wildman–Crippen MR) is 77.6 cm³/mol. The monoisotopic (exact) mass is 286 g/mol. The number of nitrogens with zero attached hydrogens (tertiary/aromatic N) is 1. The molecule has 4 nitrogen and oxygen atoms in total. The highest BCUT2D eigenvalue weighted by atomic mass is 35.5. The summed E-state index contributed by atoms with van der Waals surface area (Å²) in [7, 11) is 0. The summed E-state index contributed by atoms with van der Waals surface area (Å²) in [5.74, 6) is 5.35. The Hall–Kier alpha value is -2.35. The molecule has 2 aromatic rings. The summed E-state index contributed by atoms with van der Waals surface area (Å²) < 4.78 is 0. The van der Waals surface area contributed by atoms with Crippen molar-refractivity contribution < 1.29 is 9.90 Å². The van der Waals surface area contributed by atoms with E-state index in [9.17, 15) is 4.79 Å². The molecule has 0 bridgehead atoms. The maximum absolute atomic E-state index is 12.2. The molecular weight excluding hydrogens is 276 g/mol. The number of halogens is 1. The molecule has 0 spiro atoms. The molecule has 100 valence electrons. The number of amides is 1. The second-order valence-electron chi connectivity index (χ2n) is 3.82. The van der Waals surface area contributed by atoms with E-state index in [1.807, 2.05) is 0 Å². The van der Waals surface area contributed by atoms with Crippen molar-refractivity contribution in [1.82, 2.24) is 4.98 Å². The highest BCUT2D eigenvalue weighted by Gasteiger charge is 2.10. The summed E-state index contributed by atoms with van der Waals surface area (Å²) in [5.41, 5.74) is 0.971. The van der Waals surface area contributed by atoms with Crippen LogP contribution in [0.1, 0.15) is 15.9 Å². The number of hydrogen-bond donors (Lipinski definition) is 2. The zero-order chi connectivity index (χ0) is 14.4. The smallest absolute Gasteiger partial charge is 0.258 e. The quantitative estimate of drug-likeness (QED) is 0.833. The molecule has 0 saturated heterocycles. The maximum atomic E-state index is 12.2. The Labute approximate surface area is 121 Å². The third kappa shape index (κ3) is 3.58. The lowest BCUT2D eigenvalue weighted by molar-refractivity contribution is 0.102. The molecule has 0 fully saturated rings. The van der Waals surface area contributed by atoms with Crippen LogP contribution < -0.4 is 5.32 Å². The molecule has 1 aromatic heterocycles. The second kappa shape index (κ2) is 6.71. The number of aliphatic hydroxyl groups is 1. The molecule has 1 aromatic carbocycles. The van der Waals surface area contributed by atoms with Gasteiger partial charge in [-0.1, -0.05) is 35.6 Å². The van der Waals surface area contributed by atoms with Crippen LogP contribution in [0.5, 0.6) is 0 Å². The molecule has 1 heterocycles. The van der Waals surface area contributed by atoms with Crippen LogP contribution in [0.3, 0.4) is 0 Å². The molecule has 1 amide bonds. The highest BCUT2D eigenvalue weighted by Crippen LogP contribution is 2.13. The summed E-state index contributed by atoms with van der Waals surface area (Å²) in [6, 6.07) is 10.1. The fourth-order valence-electron chi connectivity index (χ4n) is 1.56. The number of hydrogen-bond acceptors (Lipinski definition) is 3. The molecule has 0 radical (unpaired) electrons. The van der Waals surface area contributed by atoms with Crippen molar-refractivity contribution in [3.05, 3.63) is 58.7 Å². The first-order valence-electron chi connectivity index (χ1n) is 5.82. The van der Waals surface area contributed by atoms with Crippen molar-refractivity contribution in [1.29, 1.82) is 0 Å². The number of anilines is 1. The lowest BCUT2D eigenvalue weighted by Gasteiger charge is -2.06. The number of pyridine rings is 1. The van der Waals surface area contributed by atoms with Crippen LogP contribution in [-0.4, -0.2) is 22.6 Å². The summed E-state index contributed by atoms with van der Waals surface area (Å²) >= 11 is 5.73. The SMILES string of the molecule is O=C(Nc1ccc(Cl)cn1)c1ccccc1C#CCO. The Balaban J connectivity index is 2.23. The van der Waals surface area contributed by atoms with Gasteiger partial charge in [0, 0.05) is 11.8 Å². The van der Waals surface area contributed by atoms with Crippen LogP contribution in [0, 0.1) is 11.8 Å². The number of benzene rings is 1. The molecule has 5 heteroatoms. The van der Waals surface area contributed by atoms with Gasteiger partial charge in [-0.3, -0.25) is 4.79 Å². The molecule has 20 heavy (non-hydrogen) atoms. The van der Waals surface area contributed by atoms with E-state index in [-0.39, 0.29) is 12.5 Å². The number of carbonyl (C=O) groups excluding carboxylic acids is 1. The van der Waals surface area contributed by atoms with Gasteiger partial charge in [0.2, 0.25) is 0 Å². The van der Waals surface area contributed by atoms with Gasteiger partial charge < -0.3 is 10.4 Å². The minimum absolute atomic E-state index is 0.255. The van der Waals surface area contributed by atoms with E-state index in [0.29, 0.717) is 22.0 Å². The van der Waals surface area contributed by atoms with E-state index in [1.54, 1.807) is 36.4 Å². The molecule has 0 aliphatic heterocycles. The van der Waals surface area contributed by atoms with Crippen molar-refractivity contribution in [2.75, 3.05) is 11.9 Å². The number of aliphatic hydroxyl groups excluding tert-OH is 1. The van der Waals surface area contributed by atoms with Crippen LogP contribution in [0.2, 0.25) is 5.02 Å². The Morgan fingerprint density at radius 2 is 2.10 bits per heavy atom. The number of carbonyl (C=O) groups is 1. The van der Waals surface area contributed by atoms with Crippen molar-refractivity contribution >= 4 is 23.3 Å². The van der Waals surface area contributed by atoms with Gasteiger partial charge in [-0.25, -0.2) is 4.98 Å². The third-order valence-electron chi connectivity index (χ3n) is 2.44. The van der Waals surface area contributed by atoms with Gasteiger partial charge in [0.15, 0.2) is 0 Å². The largest absolute Gasteiger partial charge is 0.384 e. The number of rotatable bonds is 2. The van der Waals surface area contributed by atoms with Crippen LogP contribution in [-0.2, 0) is 0 Å². The lowest BCUT2D eigenvalue weighted by Crippen LogP contribution is -2.14. The van der Waals surface area contributed by atoms with E-state index in [4.69, 9.17) is 16.7 Å². The predicted octanol–water partition coefficient (Wildman–Crippen LogP) is 2.33. The highest BCUT2D eigenvalue weighted by molar-refractivity contribution is 6.30. The fraction of sp³-hybridized carbons (Fsp3) is 0.0667. The summed E-state index contributed by atoms with van der Waals surface area (Å²) in [5, 5.41) is 11.9. The second-order valence-corrected chi connectivity index (χ2v) is 4.26. The average Bonchev–Trinajstić information content (AvgIpc) is 2.47. The van der Waals surface area contributed by atoms with Gasteiger partial charge in [0.25, 0.3) is 5.91 Å². The lowest BCUT2D eigenvalue weighted by atomic mass is 10.1. The third-order valence-corrected chi connectivity index (χ3v) is 2.67. The first-order valence-corrected chi connectivity index (χ1v) is 6.20. The summed E-state index contributed by atoms with van der Waals surface area (Å²) in [6.07, 6.45) is 1.45. The van der Waals surface area contributed by atoms with Gasteiger partial charge in [0.1, 0.15) is 12.4 Å². The minimum atomic E-state index is -0.317. The first-order chi connectivity index (χ1) is 9.70. The van der Waals surface area contributed by atoms with Crippen LogP contribution in [0.15, 0.2) is 42.6 Å². The Morgan fingerprint density at radius 3 is 2.80 bits per heavy atom. The minimum Gasteiger partial charge on any atom is -0.384 e. The van der Waals surface area contributed by atoms with Crippen LogP contribution >= 0.6 is 11.6 Å². The van der Waals surface area contributed by atoms with Crippen molar-refractivity contribution in [2.24, 2.45) is 0 Å². The van der Waals surface area contributed by atoms with E-state index in [0.717, 1.165) is 0 Å². The van der Waals surface area contributed by atoms with Gasteiger partial charge >= 0.3 is 0 Å². The van der Waals surface area contributed by atoms with Crippen molar-refractivity contribution in [3.8, 4) is 11.8 Å². The Bertz CT molecular complexity index is 672. The maximum Gasteiger partial charge on any atom is 0.258 e. The van der Waals surface area contributed by atoms with Gasteiger partial charge in [-0.2, -0.15) is 0 Å². The van der Waals surface area contributed by atoms with E-state index in [1.165, 1.54) is 6.20 Å². The van der Waals surface area contributed by atoms with E-state index in [2.05, 4.69) is 22.1 Å². The Morgan fingerprint density at radius 1 is 1.30 bits per heavy atom. The molecule has 0 atom stereocenters. The zero-order valence-corrected chi connectivity index (χ0v) is 11.2. The molecule has 0 aliphatic rings. The topological polar surface area (TPSA) is 62.2 Å². The molecule has 2 rings (SSSR count). The first kappa shape index (κ1) is 14.1. The van der Waals surface area contributed by atoms with Crippen LogP contribution in [0.25, 0.3) is 0 Å². The Kier molecular flexibility index (Phi) is 4.72. The van der Waals surface area contributed by atoms with Crippen molar-refractivity contribution in [3.63, 3.8) is 0 Å². The normalized spacial score (nSPS) is 9.50. The fourth-order valence-corrected chi connectivity index (χ4v) is 1.67.